The lowest BCUT2D eigenvalue weighted by Crippen LogP contribution is -2.27. The maximum Gasteiger partial charge on any atom is 0.265 e. The average Bonchev–Trinajstić information content (AvgIpc) is 2.46. The SMILES string of the molecule is Cc1cccc(N(C)S(=O)(=O)c2ccccc2C#N)c1. The van der Waals surface area contributed by atoms with E-state index in [1.807, 2.05) is 19.1 Å². The van der Waals surface area contributed by atoms with E-state index < -0.39 is 10.0 Å². The van der Waals surface area contributed by atoms with Crippen LogP contribution in [0.4, 0.5) is 5.69 Å². The van der Waals surface area contributed by atoms with Gasteiger partial charge >= 0.3 is 0 Å². The van der Waals surface area contributed by atoms with Crippen molar-refractivity contribution in [1.29, 1.82) is 5.26 Å². The third-order valence-corrected chi connectivity index (χ3v) is 4.85. The van der Waals surface area contributed by atoms with Crippen LogP contribution >= 0.6 is 0 Å². The van der Waals surface area contributed by atoms with E-state index >= 15 is 0 Å². The van der Waals surface area contributed by atoms with Crippen molar-refractivity contribution < 1.29 is 8.42 Å². The molecule has 0 unspecified atom stereocenters. The van der Waals surface area contributed by atoms with Crippen molar-refractivity contribution in [1.82, 2.24) is 0 Å². The molecule has 0 fully saturated rings. The molecule has 0 N–H and O–H groups in total. The number of aryl methyl sites for hydroxylation is 1. The van der Waals surface area contributed by atoms with Crippen LogP contribution in [-0.2, 0) is 10.0 Å². The Morgan fingerprint density at radius 2 is 1.80 bits per heavy atom. The van der Waals surface area contributed by atoms with E-state index in [0.717, 1.165) is 5.56 Å². The van der Waals surface area contributed by atoms with Crippen LogP contribution in [0, 0.1) is 18.3 Å². The first kappa shape index (κ1) is 14.1. The standard InChI is InChI=1S/C15H14N2O2S/c1-12-6-5-8-14(10-12)17(2)20(18,19)15-9-4-3-7-13(15)11-16/h3-10H,1-2H3. The zero-order chi connectivity index (χ0) is 14.8. The summed E-state index contributed by atoms with van der Waals surface area (Å²) < 4.78 is 26.4. The zero-order valence-electron chi connectivity index (χ0n) is 11.2. The molecule has 102 valence electrons. The van der Waals surface area contributed by atoms with E-state index in [1.165, 1.54) is 23.5 Å². The third kappa shape index (κ3) is 2.51. The number of rotatable bonds is 3. The molecular weight excluding hydrogens is 272 g/mol. The maximum atomic E-state index is 12.6. The molecule has 0 aliphatic heterocycles. The minimum Gasteiger partial charge on any atom is -0.269 e. The molecular formula is C15H14N2O2S. The van der Waals surface area contributed by atoms with Gasteiger partial charge in [0.25, 0.3) is 10.0 Å². The molecule has 0 bridgehead atoms. The van der Waals surface area contributed by atoms with Gasteiger partial charge in [-0.2, -0.15) is 5.26 Å². The van der Waals surface area contributed by atoms with Gasteiger partial charge in [-0.15, -0.1) is 0 Å². The zero-order valence-corrected chi connectivity index (χ0v) is 12.1. The predicted molar refractivity (Wildman–Crippen MR) is 77.9 cm³/mol. The van der Waals surface area contributed by atoms with Crippen LogP contribution in [0.25, 0.3) is 0 Å². The molecule has 0 aliphatic rings. The van der Waals surface area contributed by atoms with Gasteiger partial charge in [0.05, 0.1) is 11.3 Å². The second kappa shape index (κ2) is 5.35. The molecule has 0 saturated heterocycles. The molecule has 0 radical (unpaired) electrons. The Balaban J connectivity index is 2.53. The van der Waals surface area contributed by atoms with Gasteiger partial charge in [-0.05, 0) is 36.8 Å². The Bertz CT molecular complexity index is 776. The summed E-state index contributed by atoms with van der Waals surface area (Å²) in [5.41, 5.74) is 1.68. The second-order valence-electron chi connectivity index (χ2n) is 4.42. The van der Waals surface area contributed by atoms with Gasteiger partial charge in [0.2, 0.25) is 0 Å². The van der Waals surface area contributed by atoms with Crippen LogP contribution in [0.15, 0.2) is 53.4 Å². The van der Waals surface area contributed by atoms with Gasteiger partial charge in [0.1, 0.15) is 11.0 Å². The van der Waals surface area contributed by atoms with Crippen molar-refractivity contribution in [2.24, 2.45) is 0 Å². The number of anilines is 1. The highest BCUT2D eigenvalue weighted by atomic mass is 32.2. The Morgan fingerprint density at radius 1 is 1.10 bits per heavy atom. The van der Waals surface area contributed by atoms with Gasteiger partial charge in [0, 0.05) is 7.05 Å². The highest BCUT2D eigenvalue weighted by molar-refractivity contribution is 7.92. The number of nitrogens with zero attached hydrogens (tertiary/aromatic N) is 2. The largest absolute Gasteiger partial charge is 0.269 e. The summed E-state index contributed by atoms with van der Waals surface area (Å²) >= 11 is 0. The van der Waals surface area contributed by atoms with Gasteiger partial charge < -0.3 is 0 Å². The fourth-order valence-electron chi connectivity index (χ4n) is 1.89. The number of nitriles is 1. The fourth-order valence-corrected chi connectivity index (χ4v) is 3.22. The minimum absolute atomic E-state index is 0.0199. The van der Waals surface area contributed by atoms with Crippen molar-refractivity contribution in [3.8, 4) is 6.07 Å². The van der Waals surface area contributed by atoms with Crippen LogP contribution in [-0.4, -0.2) is 15.5 Å². The lowest BCUT2D eigenvalue weighted by Gasteiger charge is -2.20. The smallest absolute Gasteiger partial charge is 0.265 e. The molecule has 0 saturated carbocycles. The topological polar surface area (TPSA) is 61.2 Å². The molecule has 0 amide bonds. The van der Waals surface area contributed by atoms with Crippen molar-refractivity contribution in [3.05, 3.63) is 59.7 Å². The summed E-state index contributed by atoms with van der Waals surface area (Å²) in [5.74, 6) is 0. The van der Waals surface area contributed by atoms with Gasteiger partial charge in [-0.1, -0.05) is 24.3 Å². The molecule has 2 aromatic rings. The van der Waals surface area contributed by atoms with Crippen molar-refractivity contribution in [2.75, 3.05) is 11.4 Å². The summed E-state index contributed by atoms with van der Waals surface area (Å²) in [5, 5.41) is 9.05. The van der Waals surface area contributed by atoms with Crippen molar-refractivity contribution >= 4 is 15.7 Å². The molecule has 4 nitrogen and oxygen atoms in total. The summed E-state index contributed by atoms with van der Waals surface area (Å²) in [6.45, 7) is 1.90. The predicted octanol–water partition coefficient (Wildman–Crippen LogP) is 2.69. The molecule has 0 heterocycles. The lowest BCUT2D eigenvalue weighted by molar-refractivity contribution is 0.594. The monoisotopic (exact) mass is 286 g/mol. The van der Waals surface area contributed by atoms with E-state index in [9.17, 15) is 8.42 Å². The van der Waals surface area contributed by atoms with Crippen LogP contribution < -0.4 is 4.31 Å². The number of sulfonamides is 1. The highest BCUT2D eigenvalue weighted by Crippen LogP contribution is 2.24. The molecule has 20 heavy (non-hydrogen) atoms. The van der Waals surface area contributed by atoms with Crippen molar-refractivity contribution in [3.63, 3.8) is 0 Å². The first-order chi connectivity index (χ1) is 9.46. The highest BCUT2D eigenvalue weighted by Gasteiger charge is 2.24. The molecule has 0 spiro atoms. The maximum absolute atomic E-state index is 12.6. The number of hydrogen-bond acceptors (Lipinski definition) is 3. The molecule has 2 rings (SSSR count). The van der Waals surface area contributed by atoms with Crippen molar-refractivity contribution in [2.45, 2.75) is 11.8 Å². The van der Waals surface area contributed by atoms with Gasteiger partial charge in [0.15, 0.2) is 0 Å². The minimum atomic E-state index is -3.74. The molecule has 0 aromatic heterocycles. The fraction of sp³-hybridized carbons (Fsp3) is 0.133. The third-order valence-electron chi connectivity index (χ3n) is 3.01. The Labute approximate surface area is 118 Å². The van der Waals surface area contributed by atoms with Crippen LogP contribution in [0.3, 0.4) is 0 Å². The average molecular weight is 286 g/mol. The Hall–Kier alpha value is -2.32. The number of hydrogen-bond donors (Lipinski definition) is 0. The summed E-state index contributed by atoms with van der Waals surface area (Å²) in [6, 6.07) is 15.3. The number of benzene rings is 2. The Kier molecular flexibility index (Phi) is 3.77. The molecule has 2 aromatic carbocycles. The molecule has 5 heteroatoms. The van der Waals surface area contributed by atoms with E-state index in [4.69, 9.17) is 5.26 Å². The van der Waals surface area contributed by atoms with E-state index in [1.54, 1.807) is 30.3 Å². The van der Waals surface area contributed by atoms with E-state index in [-0.39, 0.29) is 10.5 Å². The second-order valence-corrected chi connectivity index (χ2v) is 6.36. The first-order valence-corrected chi connectivity index (χ1v) is 7.45. The summed E-state index contributed by atoms with van der Waals surface area (Å²) in [4.78, 5) is 0.0199. The normalized spacial score (nSPS) is 10.8. The molecule has 0 aliphatic carbocycles. The van der Waals surface area contributed by atoms with Crippen LogP contribution in [0.5, 0.6) is 0 Å². The molecule has 0 atom stereocenters. The van der Waals surface area contributed by atoms with Gasteiger partial charge in [-0.25, -0.2) is 8.42 Å². The Morgan fingerprint density at radius 3 is 2.45 bits per heavy atom. The van der Waals surface area contributed by atoms with Crippen LogP contribution in [0.2, 0.25) is 0 Å². The van der Waals surface area contributed by atoms with E-state index in [2.05, 4.69) is 0 Å². The quantitative estimate of drug-likeness (QED) is 0.871. The summed E-state index contributed by atoms with van der Waals surface area (Å²) in [7, 11) is -2.26. The van der Waals surface area contributed by atoms with E-state index in [0.29, 0.717) is 5.69 Å². The van der Waals surface area contributed by atoms with Gasteiger partial charge in [-0.3, -0.25) is 4.31 Å². The lowest BCUT2D eigenvalue weighted by atomic mass is 10.2. The first-order valence-electron chi connectivity index (χ1n) is 6.01. The van der Waals surface area contributed by atoms with Crippen LogP contribution in [0.1, 0.15) is 11.1 Å². The summed E-state index contributed by atoms with van der Waals surface area (Å²) in [6.07, 6.45) is 0.